The molecule has 2 aromatic carbocycles. The predicted octanol–water partition coefficient (Wildman–Crippen LogP) is 8.07. The molecule has 1 fully saturated rings. The summed E-state index contributed by atoms with van der Waals surface area (Å²) in [7, 11) is 1.42. The molecule has 1 heterocycles. The highest BCUT2D eigenvalue weighted by Crippen LogP contribution is 2.46. The molecule has 2 aliphatic rings. The summed E-state index contributed by atoms with van der Waals surface area (Å²) < 4.78 is 90.2. The van der Waals surface area contributed by atoms with Gasteiger partial charge >= 0.3 is 24.4 Å². The van der Waals surface area contributed by atoms with Crippen LogP contribution in [-0.2, 0) is 15.7 Å². The minimum Gasteiger partial charge on any atom is -0.496 e. The van der Waals surface area contributed by atoms with Gasteiger partial charge in [-0.3, -0.25) is 9.69 Å². The van der Waals surface area contributed by atoms with Gasteiger partial charge in [-0.15, -0.1) is 0 Å². The van der Waals surface area contributed by atoms with Crippen LogP contribution in [0.4, 0.5) is 36.8 Å². The van der Waals surface area contributed by atoms with Crippen molar-refractivity contribution in [1.29, 1.82) is 0 Å². The Kier molecular flexibility index (Phi) is 8.32. The number of carbonyl (C=O) groups is 2. The van der Waals surface area contributed by atoms with Crippen LogP contribution in [0.15, 0.2) is 42.0 Å². The lowest BCUT2D eigenvalue weighted by atomic mass is 9.72. The number of amides is 2. The Morgan fingerprint density at radius 3 is 2.43 bits per heavy atom. The van der Waals surface area contributed by atoms with E-state index in [2.05, 4.69) is 13.8 Å². The van der Waals surface area contributed by atoms with Gasteiger partial charge in [-0.1, -0.05) is 25.5 Å². The molecule has 0 spiro atoms. The molecular formula is C30H32F6N2O4. The van der Waals surface area contributed by atoms with Crippen molar-refractivity contribution in [3.05, 3.63) is 64.2 Å². The molecule has 6 nitrogen and oxygen atoms in total. The molecule has 12 heteroatoms. The topological polar surface area (TPSA) is 67.9 Å². The highest BCUT2D eigenvalue weighted by molar-refractivity contribution is 5.95. The van der Waals surface area contributed by atoms with Crippen molar-refractivity contribution in [2.75, 3.05) is 19.0 Å². The second-order valence-corrected chi connectivity index (χ2v) is 11.6. The van der Waals surface area contributed by atoms with Crippen molar-refractivity contribution in [2.45, 2.75) is 71.5 Å². The van der Waals surface area contributed by atoms with Crippen molar-refractivity contribution in [3.63, 3.8) is 0 Å². The maximum absolute atomic E-state index is 13.5. The van der Waals surface area contributed by atoms with E-state index >= 15 is 0 Å². The summed E-state index contributed by atoms with van der Waals surface area (Å²) in [4.78, 5) is 26.1. The average Bonchev–Trinajstić information content (AvgIpc) is 3.15. The molecule has 42 heavy (non-hydrogen) atoms. The minimum absolute atomic E-state index is 0.0706. The third kappa shape index (κ3) is 6.68. The lowest BCUT2D eigenvalue weighted by Crippen LogP contribution is -2.35. The Hall–Kier alpha value is -3.70. The molecule has 2 amide bonds. The van der Waals surface area contributed by atoms with E-state index in [9.17, 15) is 35.9 Å². The van der Waals surface area contributed by atoms with Gasteiger partial charge in [0, 0.05) is 17.8 Å². The molecule has 1 saturated heterocycles. The van der Waals surface area contributed by atoms with Crippen LogP contribution in [-0.4, -0.2) is 42.8 Å². The monoisotopic (exact) mass is 598 g/mol. The first kappa shape index (κ1) is 31.2. The zero-order valence-corrected chi connectivity index (χ0v) is 23.8. The number of ether oxygens (including phenoxy) is 2. The molecule has 1 N–H and O–H groups in total. The first-order chi connectivity index (χ1) is 19.4. The van der Waals surface area contributed by atoms with Gasteiger partial charge in [0.25, 0.3) is 0 Å². The number of rotatable bonds is 6. The average molecular weight is 599 g/mol. The van der Waals surface area contributed by atoms with E-state index in [-0.39, 0.29) is 23.2 Å². The third-order valence-corrected chi connectivity index (χ3v) is 7.72. The number of halogens is 6. The lowest BCUT2D eigenvalue weighted by Gasteiger charge is -2.36. The molecular weight excluding hydrogens is 566 g/mol. The highest BCUT2D eigenvalue weighted by Gasteiger charge is 2.43. The van der Waals surface area contributed by atoms with Gasteiger partial charge in [-0.05, 0) is 85.6 Å². The molecule has 2 aromatic rings. The predicted molar refractivity (Wildman–Crippen MR) is 144 cm³/mol. The van der Waals surface area contributed by atoms with E-state index in [1.165, 1.54) is 37.1 Å². The van der Waals surface area contributed by atoms with Crippen molar-refractivity contribution < 1.29 is 45.4 Å². The zero-order valence-electron chi connectivity index (χ0n) is 23.8. The summed E-state index contributed by atoms with van der Waals surface area (Å²) in [5.41, 5.74) is 1.60. The number of nitrogens with one attached hydrogen (secondary N) is 1. The molecule has 0 unspecified atom stereocenters. The SMILES string of the molecule is COc1ccc(NC(=O)C(F)(F)F)cc1C1=C(CN2C(=O)O[C@H](c3cc(C)cc(C(F)(F)F)c3)[C@@H]2C)CC(C)(C)CC1. The van der Waals surface area contributed by atoms with Crippen LogP contribution in [0, 0.1) is 12.3 Å². The molecule has 0 aromatic heterocycles. The minimum atomic E-state index is -5.07. The Morgan fingerprint density at radius 2 is 1.81 bits per heavy atom. The van der Waals surface area contributed by atoms with Gasteiger partial charge in [-0.25, -0.2) is 4.79 Å². The van der Waals surface area contributed by atoms with Gasteiger partial charge in [0.15, 0.2) is 0 Å². The first-order valence-electron chi connectivity index (χ1n) is 13.3. The number of nitrogens with zero attached hydrogens (tertiary/aromatic N) is 1. The number of methoxy groups -OCH3 is 1. The quantitative estimate of drug-likeness (QED) is 0.342. The summed E-state index contributed by atoms with van der Waals surface area (Å²) in [5.74, 6) is -1.73. The number of hydrogen-bond acceptors (Lipinski definition) is 4. The van der Waals surface area contributed by atoms with Gasteiger partial charge in [-0.2, -0.15) is 26.3 Å². The molecule has 2 atom stereocenters. The van der Waals surface area contributed by atoms with Crippen molar-refractivity contribution >= 4 is 23.3 Å². The third-order valence-electron chi connectivity index (χ3n) is 7.72. The van der Waals surface area contributed by atoms with E-state index in [1.807, 2.05) is 5.32 Å². The number of benzene rings is 2. The fourth-order valence-electron chi connectivity index (χ4n) is 5.62. The Bertz CT molecular complexity index is 1410. The maximum Gasteiger partial charge on any atom is 0.471 e. The van der Waals surface area contributed by atoms with E-state index < -0.39 is 42.1 Å². The molecule has 228 valence electrons. The summed E-state index contributed by atoms with van der Waals surface area (Å²) in [6.45, 7) is 7.45. The van der Waals surface area contributed by atoms with Crippen LogP contribution in [0.1, 0.15) is 68.4 Å². The Labute approximate surface area is 239 Å². The molecule has 0 bridgehead atoms. The summed E-state index contributed by atoms with van der Waals surface area (Å²) in [5, 5.41) is 1.87. The Balaban J connectivity index is 1.71. The maximum atomic E-state index is 13.5. The molecule has 0 radical (unpaired) electrons. The molecule has 0 saturated carbocycles. The van der Waals surface area contributed by atoms with Crippen LogP contribution in [0.5, 0.6) is 5.75 Å². The number of allylic oxidation sites excluding steroid dienone is 1. The number of carbonyl (C=O) groups excluding carboxylic acids is 2. The smallest absolute Gasteiger partial charge is 0.471 e. The van der Waals surface area contributed by atoms with Crippen LogP contribution in [0.2, 0.25) is 0 Å². The fourth-order valence-corrected chi connectivity index (χ4v) is 5.62. The standard InChI is InChI=1S/C30H32F6N2O4/c1-16-10-18(12-20(11-16)29(31,32)33)25-17(2)38(27(40)42-25)15-19-14-28(3,4)9-8-22(19)23-13-21(6-7-24(23)41-5)37-26(39)30(34,35)36/h6-7,10-13,17,25H,8-9,14-15H2,1-5H3,(H,37,39)/t17-,25-/m0/s1. The van der Waals surface area contributed by atoms with Gasteiger partial charge in [0.05, 0.1) is 18.7 Å². The van der Waals surface area contributed by atoms with Gasteiger partial charge in [0.2, 0.25) is 0 Å². The van der Waals surface area contributed by atoms with E-state index in [4.69, 9.17) is 9.47 Å². The highest BCUT2D eigenvalue weighted by atomic mass is 19.4. The molecule has 1 aliphatic heterocycles. The van der Waals surface area contributed by atoms with E-state index in [0.717, 1.165) is 29.7 Å². The summed E-state index contributed by atoms with van der Waals surface area (Å²) in [6.07, 6.45) is -9.46. The van der Waals surface area contributed by atoms with Crippen LogP contribution < -0.4 is 10.1 Å². The van der Waals surface area contributed by atoms with Gasteiger partial charge in [0.1, 0.15) is 11.9 Å². The van der Waals surface area contributed by atoms with Crippen LogP contribution >= 0.6 is 0 Å². The van der Waals surface area contributed by atoms with Crippen molar-refractivity contribution in [1.82, 2.24) is 4.90 Å². The van der Waals surface area contributed by atoms with E-state index in [1.54, 1.807) is 13.0 Å². The number of hydrogen-bond donors (Lipinski definition) is 1. The van der Waals surface area contributed by atoms with E-state index in [0.29, 0.717) is 29.7 Å². The largest absolute Gasteiger partial charge is 0.496 e. The summed E-state index contributed by atoms with van der Waals surface area (Å²) in [6, 6.07) is 7.15. The molecule has 1 aliphatic carbocycles. The summed E-state index contributed by atoms with van der Waals surface area (Å²) >= 11 is 0. The normalized spacial score (nSPS) is 20.9. The lowest BCUT2D eigenvalue weighted by molar-refractivity contribution is -0.167. The zero-order chi connectivity index (χ0) is 31.2. The van der Waals surface area contributed by atoms with Crippen molar-refractivity contribution in [3.8, 4) is 5.75 Å². The van der Waals surface area contributed by atoms with Crippen LogP contribution in [0.25, 0.3) is 5.57 Å². The van der Waals surface area contributed by atoms with Crippen LogP contribution in [0.3, 0.4) is 0 Å². The number of alkyl halides is 6. The second-order valence-electron chi connectivity index (χ2n) is 11.6. The van der Waals surface area contributed by atoms with Gasteiger partial charge < -0.3 is 14.8 Å². The Morgan fingerprint density at radius 1 is 1.12 bits per heavy atom. The number of cyclic esters (lactones) is 1. The number of aryl methyl sites for hydroxylation is 1. The van der Waals surface area contributed by atoms with Crippen molar-refractivity contribution in [2.24, 2.45) is 5.41 Å². The first-order valence-corrected chi connectivity index (χ1v) is 13.3. The number of anilines is 1. The second kappa shape index (κ2) is 11.2. The fraction of sp³-hybridized carbons (Fsp3) is 0.467. The molecule has 4 rings (SSSR count).